The Balaban J connectivity index is 1.62. The fourth-order valence-electron chi connectivity index (χ4n) is 5.96. The molecule has 1 N–H and O–H groups in total. The number of ether oxygens (including phenoxy) is 2. The quantitative estimate of drug-likeness (QED) is 0.103. The summed E-state index contributed by atoms with van der Waals surface area (Å²) < 4.78 is 11.9. The predicted molar refractivity (Wildman–Crippen MR) is 171 cm³/mol. The first-order valence-corrected chi connectivity index (χ1v) is 17.5. The van der Waals surface area contributed by atoms with E-state index in [-0.39, 0.29) is 18.8 Å². The summed E-state index contributed by atoms with van der Waals surface area (Å²) in [4.78, 5) is 17.1. The first kappa shape index (κ1) is 36.3. The van der Waals surface area contributed by atoms with E-state index in [9.17, 15) is 9.90 Å². The molecule has 6 heteroatoms. The summed E-state index contributed by atoms with van der Waals surface area (Å²) in [5.74, 6) is 0. The minimum Gasteiger partial charge on any atom is -0.446 e. The Morgan fingerprint density at radius 3 is 1.90 bits per heavy atom. The molecule has 0 aromatic carbocycles. The number of carbonyl (C=O) groups is 1. The Hall–Kier alpha value is -0.850. The molecule has 2 fully saturated rings. The number of hydrogen-bond acceptors (Lipinski definition) is 5. The van der Waals surface area contributed by atoms with Gasteiger partial charge in [0.2, 0.25) is 0 Å². The zero-order valence-corrected chi connectivity index (χ0v) is 28.1. The number of β-amino-alcohol motifs (C(OH)–C–C–N with tert-alkyl or cyclic N) is 1. The van der Waals surface area contributed by atoms with Gasteiger partial charge in [-0.25, -0.2) is 4.79 Å². The van der Waals surface area contributed by atoms with Gasteiger partial charge in [0.15, 0.2) is 0 Å². The van der Waals surface area contributed by atoms with Crippen molar-refractivity contribution in [3.8, 4) is 0 Å². The summed E-state index contributed by atoms with van der Waals surface area (Å²) in [7, 11) is 0. The monoisotopic (exact) mass is 581 g/mol. The van der Waals surface area contributed by atoms with Gasteiger partial charge in [-0.15, -0.1) is 0 Å². The molecule has 2 saturated heterocycles. The number of aliphatic hydroxyl groups excluding tert-OH is 1. The fourth-order valence-corrected chi connectivity index (χ4v) is 5.96. The lowest BCUT2D eigenvalue weighted by molar-refractivity contribution is 0.0355. The molecule has 2 aliphatic rings. The molecule has 2 rings (SSSR count). The molecule has 0 spiro atoms. The van der Waals surface area contributed by atoms with Crippen molar-refractivity contribution in [1.29, 1.82) is 0 Å². The average Bonchev–Trinajstić information content (AvgIpc) is 3.68. The van der Waals surface area contributed by atoms with Gasteiger partial charge >= 0.3 is 6.09 Å². The minimum atomic E-state index is -0.137. The second-order valence-electron chi connectivity index (χ2n) is 14.7. The molecule has 0 saturated carbocycles. The molecule has 41 heavy (non-hydrogen) atoms. The van der Waals surface area contributed by atoms with Gasteiger partial charge in [-0.05, 0) is 55.8 Å². The first-order chi connectivity index (χ1) is 19.6. The van der Waals surface area contributed by atoms with Crippen molar-refractivity contribution in [2.24, 2.45) is 10.8 Å². The lowest BCUT2D eigenvalue weighted by atomic mass is 9.67. The van der Waals surface area contributed by atoms with E-state index in [4.69, 9.17) is 9.47 Å². The highest BCUT2D eigenvalue weighted by Crippen LogP contribution is 2.42. The maximum absolute atomic E-state index is 13.0. The molecule has 3 unspecified atom stereocenters. The van der Waals surface area contributed by atoms with Crippen LogP contribution in [0.3, 0.4) is 0 Å². The number of amides is 1. The van der Waals surface area contributed by atoms with Crippen molar-refractivity contribution in [3.05, 3.63) is 0 Å². The number of carbonyl (C=O) groups excluding carboxylic acids is 1. The molecular formula is C35H68N2O4. The van der Waals surface area contributed by atoms with Crippen LogP contribution < -0.4 is 0 Å². The molecule has 2 heterocycles. The molecule has 0 bridgehead atoms. The molecule has 0 aliphatic carbocycles. The highest BCUT2D eigenvalue weighted by atomic mass is 16.6. The SMILES string of the molecule is CCCCC1OC1CCCCCCCCCCC(CCCCC(C)(C)C(C)(C)C)OC(=O)N1CCN(CCO)CC1. The van der Waals surface area contributed by atoms with Crippen LogP contribution in [0, 0.1) is 10.8 Å². The third kappa shape index (κ3) is 14.9. The van der Waals surface area contributed by atoms with E-state index in [1.165, 1.54) is 83.5 Å². The summed E-state index contributed by atoms with van der Waals surface area (Å²) in [6, 6.07) is 0. The number of piperazine rings is 1. The zero-order chi connectivity index (χ0) is 30.1. The lowest BCUT2D eigenvalue weighted by Gasteiger charge is -2.39. The lowest BCUT2D eigenvalue weighted by Crippen LogP contribution is -2.50. The number of unbranched alkanes of at least 4 members (excludes halogenated alkanes) is 9. The van der Waals surface area contributed by atoms with E-state index in [2.05, 4.69) is 46.4 Å². The zero-order valence-electron chi connectivity index (χ0n) is 28.1. The normalized spacial score (nSPS) is 20.8. The Morgan fingerprint density at radius 2 is 1.34 bits per heavy atom. The topological polar surface area (TPSA) is 65.5 Å². The van der Waals surface area contributed by atoms with E-state index in [1.54, 1.807) is 0 Å². The van der Waals surface area contributed by atoms with Crippen molar-refractivity contribution < 1.29 is 19.4 Å². The van der Waals surface area contributed by atoms with Gasteiger partial charge in [-0.3, -0.25) is 4.90 Å². The van der Waals surface area contributed by atoms with Crippen LogP contribution in [0.4, 0.5) is 4.79 Å². The Morgan fingerprint density at radius 1 is 0.805 bits per heavy atom. The van der Waals surface area contributed by atoms with E-state index < -0.39 is 0 Å². The summed E-state index contributed by atoms with van der Waals surface area (Å²) in [6.07, 6.45) is 22.0. The predicted octanol–water partition coefficient (Wildman–Crippen LogP) is 8.59. The first-order valence-electron chi connectivity index (χ1n) is 17.5. The number of rotatable bonds is 22. The van der Waals surface area contributed by atoms with Crippen molar-refractivity contribution in [2.45, 2.75) is 169 Å². The molecule has 242 valence electrons. The Labute approximate surface area is 254 Å². The highest BCUT2D eigenvalue weighted by molar-refractivity contribution is 5.68. The molecule has 0 aromatic rings. The molecule has 3 atom stereocenters. The van der Waals surface area contributed by atoms with Crippen LogP contribution in [-0.2, 0) is 9.47 Å². The largest absolute Gasteiger partial charge is 0.446 e. The van der Waals surface area contributed by atoms with E-state index in [1.807, 2.05) is 4.90 Å². The highest BCUT2D eigenvalue weighted by Gasteiger charge is 2.36. The van der Waals surface area contributed by atoms with Crippen LogP contribution in [0.1, 0.15) is 151 Å². The maximum Gasteiger partial charge on any atom is 0.410 e. The Bertz CT molecular complexity index is 684. The maximum atomic E-state index is 13.0. The van der Waals surface area contributed by atoms with Crippen LogP contribution in [-0.4, -0.2) is 78.6 Å². The summed E-state index contributed by atoms with van der Waals surface area (Å²) >= 11 is 0. The third-order valence-electron chi connectivity index (χ3n) is 10.2. The van der Waals surface area contributed by atoms with Gasteiger partial charge < -0.3 is 19.5 Å². The van der Waals surface area contributed by atoms with Gasteiger partial charge in [-0.2, -0.15) is 0 Å². The average molecular weight is 581 g/mol. The van der Waals surface area contributed by atoms with Crippen LogP contribution in [0.5, 0.6) is 0 Å². The van der Waals surface area contributed by atoms with Gasteiger partial charge in [0.1, 0.15) is 6.10 Å². The molecular weight excluding hydrogens is 512 g/mol. The van der Waals surface area contributed by atoms with Gasteiger partial charge in [0.05, 0.1) is 18.8 Å². The molecule has 0 aromatic heterocycles. The van der Waals surface area contributed by atoms with Crippen molar-refractivity contribution in [2.75, 3.05) is 39.3 Å². The van der Waals surface area contributed by atoms with E-state index in [0.29, 0.717) is 42.7 Å². The number of aliphatic hydroxyl groups is 1. The molecule has 0 radical (unpaired) electrons. The van der Waals surface area contributed by atoms with E-state index >= 15 is 0 Å². The summed E-state index contributed by atoms with van der Waals surface area (Å²) in [5, 5.41) is 9.19. The van der Waals surface area contributed by atoms with Gasteiger partial charge in [0.25, 0.3) is 0 Å². The van der Waals surface area contributed by atoms with Crippen LogP contribution in [0.2, 0.25) is 0 Å². The van der Waals surface area contributed by atoms with Gasteiger partial charge in [-0.1, -0.05) is 106 Å². The van der Waals surface area contributed by atoms with Crippen molar-refractivity contribution >= 4 is 6.09 Å². The second-order valence-corrected chi connectivity index (χ2v) is 14.7. The minimum absolute atomic E-state index is 0.0292. The van der Waals surface area contributed by atoms with Crippen LogP contribution in [0.25, 0.3) is 0 Å². The Kier molecular flexibility index (Phi) is 17.2. The molecule has 6 nitrogen and oxygen atoms in total. The second kappa shape index (κ2) is 19.4. The number of hydrogen-bond donors (Lipinski definition) is 1. The van der Waals surface area contributed by atoms with E-state index in [0.717, 1.165) is 38.8 Å². The standard InChI is InChI=1S/C35H68N2O4/c1-7-8-21-31-32(41-31)22-16-14-12-10-9-11-13-15-19-30(20-17-18-23-35(5,6)34(2,3)4)40-33(39)37-26-24-36(25-27-37)28-29-38/h30-32,38H,7-29H2,1-6H3. The van der Waals surface area contributed by atoms with Crippen LogP contribution in [0.15, 0.2) is 0 Å². The smallest absolute Gasteiger partial charge is 0.410 e. The van der Waals surface area contributed by atoms with Crippen LogP contribution >= 0.6 is 0 Å². The number of epoxide rings is 1. The molecule has 2 aliphatic heterocycles. The molecule has 1 amide bonds. The van der Waals surface area contributed by atoms with Gasteiger partial charge in [0, 0.05) is 32.7 Å². The fraction of sp³-hybridized carbons (Fsp3) is 0.971. The summed E-state index contributed by atoms with van der Waals surface area (Å²) in [5.41, 5.74) is 0.593. The number of nitrogens with zero attached hydrogens (tertiary/aromatic N) is 2. The summed E-state index contributed by atoms with van der Waals surface area (Å²) in [6.45, 7) is 17.9. The third-order valence-corrected chi connectivity index (χ3v) is 10.2. The van der Waals surface area contributed by atoms with Crippen molar-refractivity contribution in [1.82, 2.24) is 9.80 Å². The van der Waals surface area contributed by atoms with Crippen molar-refractivity contribution in [3.63, 3.8) is 0 Å².